The minimum atomic E-state index is -2.97. The van der Waals surface area contributed by atoms with Gasteiger partial charge in [0, 0.05) is 0 Å². The molecule has 1 aliphatic rings. The molecule has 1 N–H and O–H groups in total. The number of likely N-dealkylation sites (tertiary alicyclic amines) is 1. The molecule has 1 aromatic carbocycles. The van der Waals surface area contributed by atoms with Crippen LogP contribution in [0.15, 0.2) is 24.3 Å². The number of nitrogens with one attached hydrogen (secondary N) is 1. The van der Waals surface area contributed by atoms with E-state index < -0.39 is 12.7 Å². The topological polar surface area (TPSA) is 67.9 Å². The van der Waals surface area contributed by atoms with Crippen molar-refractivity contribution in [3.8, 4) is 5.75 Å². The lowest BCUT2D eigenvalue weighted by Gasteiger charge is -2.34. The van der Waals surface area contributed by atoms with E-state index in [0.717, 1.165) is 0 Å². The van der Waals surface area contributed by atoms with Crippen molar-refractivity contribution in [2.45, 2.75) is 39.3 Å². The summed E-state index contributed by atoms with van der Waals surface area (Å²) in [5.41, 5.74) is 0.200. The van der Waals surface area contributed by atoms with E-state index in [9.17, 15) is 18.4 Å². The number of anilines is 1. The van der Waals surface area contributed by atoms with Crippen LogP contribution in [0.5, 0.6) is 5.75 Å². The Morgan fingerprint density at radius 2 is 1.92 bits per heavy atom. The van der Waals surface area contributed by atoms with E-state index in [1.54, 1.807) is 26.0 Å². The fourth-order valence-corrected chi connectivity index (χ4v) is 2.95. The highest BCUT2D eigenvalue weighted by Crippen LogP contribution is 2.26. The summed E-state index contributed by atoms with van der Waals surface area (Å²) < 4.78 is 34.4. The number of esters is 1. The molecule has 0 spiro atoms. The van der Waals surface area contributed by atoms with Gasteiger partial charge in [-0.2, -0.15) is 8.78 Å². The molecule has 0 radical (unpaired) electrons. The van der Waals surface area contributed by atoms with Crippen LogP contribution in [-0.4, -0.2) is 49.1 Å². The fraction of sp³-hybridized carbons (Fsp3) is 0.556. The smallest absolute Gasteiger partial charge is 0.387 e. The van der Waals surface area contributed by atoms with Crippen LogP contribution >= 0.6 is 0 Å². The number of rotatable bonds is 7. The van der Waals surface area contributed by atoms with Crippen molar-refractivity contribution in [1.82, 2.24) is 4.90 Å². The zero-order chi connectivity index (χ0) is 19.1. The number of nitrogens with zero attached hydrogens (tertiary/aromatic N) is 1. The van der Waals surface area contributed by atoms with Gasteiger partial charge in [0.25, 0.3) is 0 Å². The summed E-state index contributed by atoms with van der Waals surface area (Å²) in [5.74, 6) is -0.724. The standard InChI is InChI=1S/C18H24F2N2O4/c1-3-25-17(24)13-8-10-22(11-9-13)12(2)16(23)21-14-6-4-5-7-15(14)26-18(19)20/h4-7,12-13,18H,3,8-11H2,1-2H3,(H,21,23). The highest BCUT2D eigenvalue weighted by molar-refractivity contribution is 5.95. The Morgan fingerprint density at radius 3 is 2.54 bits per heavy atom. The molecule has 0 bridgehead atoms. The van der Waals surface area contributed by atoms with Crippen LogP contribution in [0, 0.1) is 5.92 Å². The van der Waals surface area contributed by atoms with Gasteiger partial charge in [-0.05, 0) is 51.9 Å². The molecule has 8 heteroatoms. The maximum Gasteiger partial charge on any atom is 0.387 e. The minimum absolute atomic E-state index is 0.0796. The van der Waals surface area contributed by atoms with Gasteiger partial charge in [-0.15, -0.1) is 0 Å². The average Bonchev–Trinajstić information content (AvgIpc) is 2.62. The summed E-state index contributed by atoms with van der Waals surface area (Å²) in [6.07, 6.45) is 1.25. The predicted molar refractivity (Wildman–Crippen MR) is 92.1 cm³/mol. The molecule has 1 aliphatic heterocycles. The molecule has 1 aromatic rings. The Bertz CT molecular complexity index is 619. The third-order valence-corrected chi connectivity index (χ3v) is 4.44. The van der Waals surface area contributed by atoms with E-state index in [4.69, 9.17) is 4.74 Å². The van der Waals surface area contributed by atoms with E-state index in [0.29, 0.717) is 32.5 Å². The number of benzene rings is 1. The quantitative estimate of drug-likeness (QED) is 0.748. The molecule has 1 fully saturated rings. The number of piperidine rings is 1. The number of hydrogen-bond donors (Lipinski definition) is 1. The molecule has 1 atom stereocenters. The van der Waals surface area contributed by atoms with Gasteiger partial charge in [0.05, 0.1) is 24.3 Å². The molecule has 1 heterocycles. The van der Waals surface area contributed by atoms with E-state index in [-0.39, 0.29) is 29.2 Å². The highest BCUT2D eigenvalue weighted by atomic mass is 19.3. The Hall–Kier alpha value is -2.22. The second kappa shape index (κ2) is 9.47. The summed E-state index contributed by atoms with van der Waals surface area (Å²) in [7, 11) is 0. The minimum Gasteiger partial charge on any atom is -0.466 e. The molecule has 26 heavy (non-hydrogen) atoms. The number of carbonyl (C=O) groups excluding carboxylic acids is 2. The number of para-hydroxylation sites is 2. The van der Waals surface area contributed by atoms with E-state index in [2.05, 4.69) is 10.1 Å². The molecule has 0 saturated carbocycles. The number of halogens is 2. The normalized spacial score (nSPS) is 17.0. The van der Waals surface area contributed by atoms with Gasteiger partial charge in [-0.1, -0.05) is 12.1 Å². The summed E-state index contributed by atoms with van der Waals surface area (Å²) in [5, 5.41) is 2.64. The Balaban J connectivity index is 1.92. The molecule has 144 valence electrons. The lowest BCUT2D eigenvalue weighted by atomic mass is 9.96. The molecule has 0 aliphatic carbocycles. The third kappa shape index (κ3) is 5.39. The number of hydrogen-bond acceptors (Lipinski definition) is 5. The zero-order valence-corrected chi connectivity index (χ0v) is 14.9. The fourth-order valence-electron chi connectivity index (χ4n) is 2.95. The first-order valence-corrected chi connectivity index (χ1v) is 8.67. The van der Waals surface area contributed by atoms with Crippen LogP contribution in [0.3, 0.4) is 0 Å². The van der Waals surface area contributed by atoms with Crippen LogP contribution in [-0.2, 0) is 14.3 Å². The van der Waals surface area contributed by atoms with E-state index in [1.165, 1.54) is 12.1 Å². The van der Waals surface area contributed by atoms with Crippen LogP contribution in [0.4, 0.5) is 14.5 Å². The molecule has 1 unspecified atom stereocenters. The van der Waals surface area contributed by atoms with Crippen LogP contribution in [0.2, 0.25) is 0 Å². The largest absolute Gasteiger partial charge is 0.466 e. The van der Waals surface area contributed by atoms with Gasteiger partial charge in [0.1, 0.15) is 5.75 Å². The summed E-state index contributed by atoms with van der Waals surface area (Å²) in [6.45, 7) is 2.09. The van der Waals surface area contributed by atoms with Gasteiger partial charge in [0.15, 0.2) is 0 Å². The number of ether oxygens (including phenoxy) is 2. The average molecular weight is 370 g/mol. The van der Waals surface area contributed by atoms with Gasteiger partial charge >= 0.3 is 12.6 Å². The van der Waals surface area contributed by atoms with Crippen molar-refractivity contribution in [3.63, 3.8) is 0 Å². The second-order valence-electron chi connectivity index (χ2n) is 6.10. The number of alkyl halides is 2. The van der Waals surface area contributed by atoms with Crippen molar-refractivity contribution in [1.29, 1.82) is 0 Å². The predicted octanol–water partition coefficient (Wildman–Crippen LogP) is 2.89. The maximum atomic E-state index is 12.5. The van der Waals surface area contributed by atoms with Crippen LogP contribution in [0.1, 0.15) is 26.7 Å². The van der Waals surface area contributed by atoms with E-state index >= 15 is 0 Å². The lowest BCUT2D eigenvalue weighted by Crippen LogP contribution is -2.47. The molecular weight excluding hydrogens is 346 g/mol. The molecule has 6 nitrogen and oxygen atoms in total. The van der Waals surface area contributed by atoms with Crippen molar-refractivity contribution in [2.75, 3.05) is 25.0 Å². The Morgan fingerprint density at radius 1 is 1.27 bits per heavy atom. The highest BCUT2D eigenvalue weighted by Gasteiger charge is 2.30. The third-order valence-electron chi connectivity index (χ3n) is 4.44. The Labute approximate surface area is 151 Å². The monoisotopic (exact) mass is 370 g/mol. The molecule has 0 aromatic heterocycles. The first-order valence-electron chi connectivity index (χ1n) is 8.67. The van der Waals surface area contributed by atoms with Gasteiger partial charge < -0.3 is 14.8 Å². The SMILES string of the molecule is CCOC(=O)C1CCN(C(C)C(=O)Nc2ccccc2OC(F)F)CC1. The summed E-state index contributed by atoms with van der Waals surface area (Å²) >= 11 is 0. The molecule has 2 rings (SSSR count). The van der Waals surface area contributed by atoms with Crippen LogP contribution < -0.4 is 10.1 Å². The molecule has 1 amide bonds. The van der Waals surface area contributed by atoms with Crippen molar-refractivity contribution < 1.29 is 27.8 Å². The molecular formula is C18H24F2N2O4. The maximum absolute atomic E-state index is 12.5. The van der Waals surface area contributed by atoms with Crippen LogP contribution in [0.25, 0.3) is 0 Å². The summed E-state index contributed by atoms with van der Waals surface area (Å²) in [4.78, 5) is 26.2. The van der Waals surface area contributed by atoms with Gasteiger partial charge in [-0.25, -0.2) is 0 Å². The first-order chi connectivity index (χ1) is 12.4. The van der Waals surface area contributed by atoms with Crippen molar-refractivity contribution >= 4 is 17.6 Å². The lowest BCUT2D eigenvalue weighted by molar-refractivity contribution is -0.149. The first kappa shape index (κ1) is 20.1. The number of carbonyl (C=O) groups is 2. The van der Waals surface area contributed by atoms with Crippen molar-refractivity contribution in [3.05, 3.63) is 24.3 Å². The molecule has 1 saturated heterocycles. The van der Waals surface area contributed by atoms with Gasteiger partial charge in [0.2, 0.25) is 5.91 Å². The second-order valence-corrected chi connectivity index (χ2v) is 6.10. The number of amides is 1. The van der Waals surface area contributed by atoms with E-state index in [1.807, 2.05) is 4.90 Å². The zero-order valence-electron chi connectivity index (χ0n) is 14.9. The summed E-state index contributed by atoms with van der Waals surface area (Å²) in [6, 6.07) is 5.60. The van der Waals surface area contributed by atoms with Crippen molar-refractivity contribution in [2.24, 2.45) is 5.92 Å². The Kier molecular flexibility index (Phi) is 7.32. The van der Waals surface area contributed by atoms with Gasteiger partial charge in [-0.3, -0.25) is 14.5 Å².